The van der Waals surface area contributed by atoms with Crippen molar-refractivity contribution in [2.75, 3.05) is 13.1 Å². The van der Waals surface area contributed by atoms with Crippen molar-refractivity contribution in [2.24, 2.45) is 5.41 Å². The van der Waals surface area contributed by atoms with Crippen LogP contribution in [0.4, 0.5) is 4.79 Å². The maximum absolute atomic E-state index is 11.8. The minimum absolute atomic E-state index is 0.103. The number of piperidine rings is 1. The van der Waals surface area contributed by atoms with Gasteiger partial charge in [-0.3, -0.25) is 4.79 Å². The minimum Gasteiger partial charge on any atom is -0.444 e. The molecule has 90 valence electrons. The Morgan fingerprint density at radius 1 is 1.38 bits per heavy atom. The topological polar surface area (TPSA) is 46.6 Å². The average Bonchev–Trinajstić information content (AvgIpc) is 2.80. The smallest absolute Gasteiger partial charge is 0.410 e. The zero-order valence-corrected chi connectivity index (χ0v) is 10.2. The van der Waals surface area contributed by atoms with Gasteiger partial charge in [0.2, 0.25) is 0 Å². The van der Waals surface area contributed by atoms with Crippen LogP contribution in [0.3, 0.4) is 0 Å². The van der Waals surface area contributed by atoms with Crippen LogP contribution in [0, 0.1) is 5.41 Å². The highest BCUT2D eigenvalue weighted by Gasteiger charge is 2.49. The molecule has 1 saturated heterocycles. The first-order valence-electron chi connectivity index (χ1n) is 5.79. The second-order valence-electron chi connectivity index (χ2n) is 6.05. The maximum atomic E-state index is 11.8. The molecule has 1 spiro atoms. The molecule has 4 heteroatoms. The molecule has 0 atom stereocenters. The zero-order chi connectivity index (χ0) is 12.0. The molecule has 1 aliphatic heterocycles. The van der Waals surface area contributed by atoms with Gasteiger partial charge in [-0.2, -0.15) is 0 Å². The van der Waals surface area contributed by atoms with E-state index in [1.807, 2.05) is 20.8 Å². The molecule has 1 amide bonds. The lowest BCUT2D eigenvalue weighted by molar-refractivity contribution is -0.124. The quantitative estimate of drug-likeness (QED) is 0.633. The Morgan fingerprint density at radius 3 is 2.50 bits per heavy atom. The van der Waals surface area contributed by atoms with E-state index < -0.39 is 5.60 Å². The molecule has 16 heavy (non-hydrogen) atoms. The van der Waals surface area contributed by atoms with Crippen LogP contribution in [0.1, 0.15) is 40.0 Å². The Bertz CT molecular complexity index is 326. The summed E-state index contributed by atoms with van der Waals surface area (Å²) in [6.45, 7) is 6.42. The van der Waals surface area contributed by atoms with Gasteiger partial charge in [0.15, 0.2) is 5.78 Å². The van der Waals surface area contributed by atoms with Crippen LogP contribution in [0.5, 0.6) is 0 Å². The number of likely N-dealkylation sites (tertiary alicyclic amines) is 1. The molecule has 0 aromatic rings. The van der Waals surface area contributed by atoms with E-state index in [2.05, 4.69) is 0 Å². The Hall–Kier alpha value is -1.06. The summed E-state index contributed by atoms with van der Waals surface area (Å²) in [7, 11) is 0. The summed E-state index contributed by atoms with van der Waals surface area (Å²) in [6, 6.07) is 0. The van der Waals surface area contributed by atoms with Crippen molar-refractivity contribution >= 4 is 11.9 Å². The van der Waals surface area contributed by atoms with E-state index in [1.165, 1.54) is 0 Å². The summed E-state index contributed by atoms with van der Waals surface area (Å²) in [5.41, 5.74) is -0.388. The van der Waals surface area contributed by atoms with Crippen LogP contribution >= 0.6 is 0 Å². The van der Waals surface area contributed by atoms with E-state index in [4.69, 9.17) is 4.74 Å². The van der Waals surface area contributed by atoms with Crippen LogP contribution in [0.2, 0.25) is 0 Å². The summed E-state index contributed by atoms with van der Waals surface area (Å²) in [6.07, 6.45) is 2.43. The number of carbonyl (C=O) groups is 2. The van der Waals surface area contributed by atoms with Crippen molar-refractivity contribution < 1.29 is 14.3 Å². The lowest BCUT2D eigenvalue weighted by Gasteiger charge is -2.33. The van der Waals surface area contributed by atoms with Gasteiger partial charge in [-0.25, -0.2) is 4.79 Å². The van der Waals surface area contributed by atoms with Gasteiger partial charge in [0.05, 0.1) is 6.54 Å². The fraction of sp³-hybridized carbons (Fsp3) is 0.833. The van der Waals surface area contributed by atoms with Gasteiger partial charge in [0.1, 0.15) is 5.60 Å². The molecule has 0 aromatic carbocycles. The van der Waals surface area contributed by atoms with Crippen molar-refractivity contribution in [3.05, 3.63) is 0 Å². The molecule has 2 fully saturated rings. The molecule has 0 unspecified atom stereocenters. The number of hydrogen-bond donors (Lipinski definition) is 0. The van der Waals surface area contributed by atoms with Gasteiger partial charge in [-0.1, -0.05) is 0 Å². The Balaban J connectivity index is 1.98. The van der Waals surface area contributed by atoms with Gasteiger partial charge in [0.25, 0.3) is 0 Å². The summed E-state index contributed by atoms with van der Waals surface area (Å²) in [5.74, 6) is 0.162. The predicted octanol–water partition coefficient (Wildman–Crippen LogP) is 1.98. The van der Waals surface area contributed by atoms with Gasteiger partial charge in [-0.15, -0.1) is 0 Å². The fourth-order valence-corrected chi connectivity index (χ4v) is 2.17. The number of amides is 1. The molecule has 2 aliphatic rings. The fourth-order valence-electron chi connectivity index (χ4n) is 2.17. The molecule has 4 nitrogen and oxygen atoms in total. The molecular weight excluding hydrogens is 206 g/mol. The van der Waals surface area contributed by atoms with E-state index in [-0.39, 0.29) is 23.8 Å². The standard InChI is InChI=1S/C12H19NO3/c1-11(2,3)16-10(15)13-7-9(14)6-12(8-13)4-5-12/h4-8H2,1-3H3. The molecule has 0 radical (unpaired) electrons. The predicted molar refractivity (Wildman–Crippen MR) is 59.1 cm³/mol. The second-order valence-corrected chi connectivity index (χ2v) is 6.05. The summed E-state index contributed by atoms with van der Waals surface area (Å²) in [4.78, 5) is 24.9. The third-order valence-corrected chi connectivity index (χ3v) is 3.07. The number of hydrogen-bond acceptors (Lipinski definition) is 3. The van der Waals surface area contributed by atoms with E-state index in [0.717, 1.165) is 12.8 Å². The van der Waals surface area contributed by atoms with Crippen LogP contribution < -0.4 is 0 Å². The Morgan fingerprint density at radius 2 is 2.00 bits per heavy atom. The van der Waals surface area contributed by atoms with Crippen molar-refractivity contribution in [2.45, 2.75) is 45.6 Å². The van der Waals surface area contributed by atoms with Crippen LogP contribution in [-0.2, 0) is 9.53 Å². The average molecular weight is 225 g/mol. The highest BCUT2D eigenvalue weighted by molar-refractivity contribution is 5.86. The largest absolute Gasteiger partial charge is 0.444 e. The highest BCUT2D eigenvalue weighted by atomic mass is 16.6. The van der Waals surface area contributed by atoms with Crippen molar-refractivity contribution in [1.29, 1.82) is 0 Å². The molecular formula is C12H19NO3. The van der Waals surface area contributed by atoms with Crippen molar-refractivity contribution in [1.82, 2.24) is 4.90 Å². The molecule has 1 aliphatic carbocycles. The van der Waals surface area contributed by atoms with E-state index in [0.29, 0.717) is 13.0 Å². The summed E-state index contributed by atoms with van der Waals surface area (Å²) in [5, 5.41) is 0. The minimum atomic E-state index is -0.492. The number of carbonyl (C=O) groups excluding carboxylic acids is 2. The lowest BCUT2D eigenvalue weighted by Crippen LogP contribution is -2.47. The number of nitrogens with zero attached hydrogens (tertiary/aromatic N) is 1. The van der Waals surface area contributed by atoms with Crippen molar-refractivity contribution in [3.63, 3.8) is 0 Å². The van der Waals surface area contributed by atoms with E-state index in [9.17, 15) is 9.59 Å². The second kappa shape index (κ2) is 3.47. The molecule has 1 heterocycles. The van der Waals surface area contributed by atoms with Crippen LogP contribution in [0.25, 0.3) is 0 Å². The van der Waals surface area contributed by atoms with Crippen LogP contribution in [0.15, 0.2) is 0 Å². The Kier molecular flexibility index (Phi) is 2.48. The zero-order valence-electron chi connectivity index (χ0n) is 10.2. The first-order chi connectivity index (χ1) is 7.30. The van der Waals surface area contributed by atoms with Gasteiger partial charge in [0, 0.05) is 13.0 Å². The van der Waals surface area contributed by atoms with Crippen molar-refractivity contribution in [3.8, 4) is 0 Å². The van der Waals surface area contributed by atoms with Gasteiger partial charge in [-0.05, 0) is 39.0 Å². The van der Waals surface area contributed by atoms with Gasteiger partial charge >= 0.3 is 6.09 Å². The SMILES string of the molecule is CC(C)(C)OC(=O)N1CC(=O)CC2(CC2)C1. The summed E-state index contributed by atoms with van der Waals surface area (Å²) >= 11 is 0. The summed E-state index contributed by atoms with van der Waals surface area (Å²) < 4.78 is 5.28. The first kappa shape index (κ1) is 11.4. The number of ether oxygens (including phenoxy) is 1. The maximum Gasteiger partial charge on any atom is 0.410 e. The van der Waals surface area contributed by atoms with E-state index in [1.54, 1.807) is 4.90 Å². The Labute approximate surface area is 95.9 Å². The molecule has 0 aromatic heterocycles. The molecule has 0 N–H and O–H groups in total. The number of Topliss-reactive ketones (excluding diaryl/α,β-unsaturated/α-hetero) is 1. The van der Waals surface area contributed by atoms with Gasteiger partial charge < -0.3 is 9.64 Å². The number of ketones is 1. The lowest BCUT2D eigenvalue weighted by atomic mass is 9.94. The normalized spacial score (nSPS) is 23.4. The molecule has 1 saturated carbocycles. The number of rotatable bonds is 0. The molecule has 0 bridgehead atoms. The monoisotopic (exact) mass is 225 g/mol. The van der Waals surface area contributed by atoms with Crippen LogP contribution in [-0.4, -0.2) is 35.5 Å². The third-order valence-electron chi connectivity index (χ3n) is 3.07. The highest BCUT2D eigenvalue weighted by Crippen LogP contribution is 2.51. The van der Waals surface area contributed by atoms with E-state index >= 15 is 0 Å². The molecule has 2 rings (SSSR count). The first-order valence-corrected chi connectivity index (χ1v) is 5.79. The third kappa shape index (κ3) is 2.54.